The normalized spacial score (nSPS) is 29.8. The largest absolute Gasteiger partial charge is 0.0816 e. The third-order valence-electron chi connectivity index (χ3n) is 6.03. The molecule has 0 aromatic heterocycles. The van der Waals surface area contributed by atoms with Crippen molar-refractivity contribution in [2.45, 2.75) is 71.1 Å². The average Bonchev–Trinajstić information content (AvgIpc) is 2.63. The van der Waals surface area contributed by atoms with E-state index in [4.69, 9.17) is 0 Å². The Morgan fingerprint density at radius 1 is 0.957 bits per heavy atom. The van der Waals surface area contributed by atoms with Gasteiger partial charge >= 0.3 is 0 Å². The molecule has 1 aromatic rings. The van der Waals surface area contributed by atoms with E-state index in [-0.39, 0.29) is 0 Å². The van der Waals surface area contributed by atoms with Gasteiger partial charge in [0.1, 0.15) is 0 Å². The smallest absolute Gasteiger partial charge is 0.0162 e. The predicted octanol–water partition coefficient (Wildman–Crippen LogP) is 6.83. The molecule has 0 radical (unpaired) electrons. The lowest BCUT2D eigenvalue weighted by atomic mass is 9.71. The third-order valence-corrected chi connectivity index (χ3v) is 6.03. The highest BCUT2D eigenvalue weighted by Gasteiger charge is 2.27. The molecule has 0 heteroatoms. The molecule has 1 atom stereocenters. The molecule has 0 amide bonds. The second-order valence-electron chi connectivity index (χ2n) is 7.46. The Balaban J connectivity index is 1.54. The van der Waals surface area contributed by atoms with Crippen LogP contribution in [0.25, 0.3) is 0 Å². The van der Waals surface area contributed by atoms with E-state index in [0.717, 1.165) is 24.2 Å². The van der Waals surface area contributed by atoms with E-state index in [1.54, 1.807) is 11.1 Å². The first-order valence-electron chi connectivity index (χ1n) is 9.76. The molecular formula is C23H32. The SMILES string of the molecule is CC/C=C1\C=CC(C2CCC(c3ccc(CC)cc3)CC2)CC1. The Morgan fingerprint density at radius 3 is 2.26 bits per heavy atom. The van der Waals surface area contributed by atoms with E-state index in [1.165, 1.54) is 50.5 Å². The average molecular weight is 309 g/mol. The Morgan fingerprint density at radius 2 is 1.70 bits per heavy atom. The first kappa shape index (κ1) is 16.6. The summed E-state index contributed by atoms with van der Waals surface area (Å²) in [5.74, 6) is 2.58. The zero-order chi connectivity index (χ0) is 16.1. The number of rotatable bonds is 4. The van der Waals surface area contributed by atoms with Gasteiger partial charge in [-0.05, 0) is 80.2 Å². The van der Waals surface area contributed by atoms with Crippen LogP contribution in [0.4, 0.5) is 0 Å². The Kier molecular flexibility index (Phi) is 5.75. The van der Waals surface area contributed by atoms with E-state index >= 15 is 0 Å². The summed E-state index contributed by atoms with van der Waals surface area (Å²) in [6, 6.07) is 9.41. The van der Waals surface area contributed by atoms with Crippen LogP contribution < -0.4 is 0 Å². The maximum atomic E-state index is 2.52. The van der Waals surface area contributed by atoms with Gasteiger partial charge in [0.15, 0.2) is 0 Å². The van der Waals surface area contributed by atoms with Crippen LogP contribution in [0.5, 0.6) is 0 Å². The summed E-state index contributed by atoms with van der Waals surface area (Å²) in [5, 5.41) is 0. The van der Waals surface area contributed by atoms with Crippen molar-refractivity contribution in [1.82, 2.24) is 0 Å². The first-order chi connectivity index (χ1) is 11.3. The van der Waals surface area contributed by atoms with Crippen molar-refractivity contribution in [2.24, 2.45) is 11.8 Å². The monoisotopic (exact) mass is 308 g/mol. The number of allylic oxidation sites excluding steroid dienone is 4. The standard InChI is InChI=1S/C23H32/c1-3-5-19-8-12-21(13-9-19)23-16-14-22(15-17-23)20-10-6-18(4-2)7-11-20/h5-8,10-12,21-23H,3-4,9,13-17H2,1-2H3/b19-5+. The summed E-state index contributed by atoms with van der Waals surface area (Å²) in [6.45, 7) is 4.47. The lowest BCUT2D eigenvalue weighted by molar-refractivity contribution is 0.253. The van der Waals surface area contributed by atoms with Gasteiger partial charge in [0.05, 0.1) is 0 Å². The lowest BCUT2D eigenvalue weighted by Crippen LogP contribution is -2.21. The minimum absolute atomic E-state index is 0.806. The molecule has 1 aromatic carbocycles. The van der Waals surface area contributed by atoms with Crippen LogP contribution in [0.3, 0.4) is 0 Å². The van der Waals surface area contributed by atoms with Crippen LogP contribution in [-0.2, 0) is 6.42 Å². The maximum absolute atomic E-state index is 2.52. The van der Waals surface area contributed by atoms with Crippen molar-refractivity contribution in [3.05, 3.63) is 59.2 Å². The van der Waals surface area contributed by atoms with E-state index in [2.05, 4.69) is 56.3 Å². The van der Waals surface area contributed by atoms with Crippen molar-refractivity contribution in [3.8, 4) is 0 Å². The lowest BCUT2D eigenvalue weighted by Gasteiger charge is -2.34. The highest BCUT2D eigenvalue weighted by atomic mass is 14.3. The molecule has 23 heavy (non-hydrogen) atoms. The summed E-state index contributed by atoms with van der Waals surface area (Å²) in [5.41, 5.74) is 4.60. The van der Waals surface area contributed by atoms with Gasteiger partial charge in [0.25, 0.3) is 0 Å². The van der Waals surface area contributed by atoms with Gasteiger partial charge in [-0.25, -0.2) is 0 Å². The van der Waals surface area contributed by atoms with Crippen molar-refractivity contribution in [3.63, 3.8) is 0 Å². The summed E-state index contributed by atoms with van der Waals surface area (Å²) in [7, 11) is 0. The molecule has 0 nitrogen and oxygen atoms in total. The molecule has 1 saturated carbocycles. The number of hydrogen-bond donors (Lipinski definition) is 0. The van der Waals surface area contributed by atoms with Crippen molar-refractivity contribution < 1.29 is 0 Å². The predicted molar refractivity (Wildman–Crippen MR) is 101 cm³/mol. The van der Waals surface area contributed by atoms with Gasteiger partial charge in [-0.2, -0.15) is 0 Å². The van der Waals surface area contributed by atoms with Crippen LogP contribution in [0, 0.1) is 11.8 Å². The van der Waals surface area contributed by atoms with E-state index in [1.807, 2.05) is 0 Å². The number of hydrogen-bond acceptors (Lipinski definition) is 0. The fourth-order valence-corrected chi connectivity index (χ4v) is 4.49. The van der Waals surface area contributed by atoms with Gasteiger partial charge < -0.3 is 0 Å². The van der Waals surface area contributed by atoms with Crippen LogP contribution in [0.2, 0.25) is 0 Å². The van der Waals surface area contributed by atoms with Crippen LogP contribution >= 0.6 is 0 Å². The Hall–Kier alpha value is -1.30. The second-order valence-corrected chi connectivity index (χ2v) is 7.46. The molecule has 0 heterocycles. The molecule has 3 rings (SSSR count). The minimum Gasteiger partial charge on any atom is -0.0816 e. The summed E-state index contributed by atoms with van der Waals surface area (Å²) >= 11 is 0. The summed E-state index contributed by atoms with van der Waals surface area (Å²) in [4.78, 5) is 0. The number of benzene rings is 1. The van der Waals surface area contributed by atoms with E-state index in [0.29, 0.717) is 0 Å². The molecule has 0 aliphatic heterocycles. The topological polar surface area (TPSA) is 0 Å². The van der Waals surface area contributed by atoms with Gasteiger partial charge in [-0.1, -0.05) is 61.9 Å². The maximum Gasteiger partial charge on any atom is -0.0162 e. The zero-order valence-corrected chi connectivity index (χ0v) is 14.9. The molecule has 1 unspecified atom stereocenters. The fourth-order valence-electron chi connectivity index (χ4n) is 4.49. The van der Waals surface area contributed by atoms with E-state index < -0.39 is 0 Å². The molecule has 0 bridgehead atoms. The molecule has 0 N–H and O–H groups in total. The molecule has 0 saturated heterocycles. The first-order valence-corrected chi connectivity index (χ1v) is 9.76. The molecule has 0 spiro atoms. The van der Waals surface area contributed by atoms with Gasteiger partial charge in [0.2, 0.25) is 0 Å². The van der Waals surface area contributed by atoms with Gasteiger partial charge in [0, 0.05) is 0 Å². The molecular weight excluding hydrogens is 276 g/mol. The molecule has 2 aliphatic carbocycles. The minimum atomic E-state index is 0.806. The van der Waals surface area contributed by atoms with Gasteiger partial charge in [-0.3, -0.25) is 0 Å². The summed E-state index contributed by atoms with van der Waals surface area (Å²) < 4.78 is 0. The zero-order valence-electron chi connectivity index (χ0n) is 14.9. The highest BCUT2D eigenvalue weighted by molar-refractivity contribution is 5.26. The van der Waals surface area contributed by atoms with Crippen molar-refractivity contribution >= 4 is 0 Å². The summed E-state index contributed by atoms with van der Waals surface area (Å²) in [6.07, 6.45) is 17.9. The van der Waals surface area contributed by atoms with Crippen LogP contribution in [0.1, 0.15) is 75.8 Å². The van der Waals surface area contributed by atoms with E-state index in [9.17, 15) is 0 Å². The quantitative estimate of drug-likeness (QED) is 0.572. The molecule has 124 valence electrons. The van der Waals surface area contributed by atoms with Crippen LogP contribution in [-0.4, -0.2) is 0 Å². The Bertz CT molecular complexity index is 538. The van der Waals surface area contributed by atoms with Gasteiger partial charge in [-0.15, -0.1) is 0 Å². The van der Waals surface area contributed by atoms with Crippen molar-refractivity contribution in [2.75, 3.05) is 0 Å². The highest BCUT2D eigenvalue weighted by Crippen LogP contribution is 2.41. The van der Waals surface area contributed by atoms with Crippen molar-refractivity contribution in [1.29, 1.82) is 0 Å². The third kappa shape index (κ3) is 4.16. The molecule has 1 fully saturated rings. The molecule has 2 aliphatic rings. The van der Waals surface area contributed by atoms with Crippen LogP contribution in [0.15, 0.2) is 48.1 Å². The number of aryl methyl sites for hydroxylation is 1. The second kappa shape index (κ2) is 7.99. The fraction of sp³-hybridized carbons (Fsp3) is 0.565. The Labute approximate surface area is 142 Å².